The molecule has 0 aromatic carbocycles. The van der Waals surface area contributed by atoms with Gasteiger partial charge in [-0.05, 0) is 39.0 Å². The van der Waals surface area contributed by atoms with Crippen molar-refractivity contribution in [2.75, 3.05) is 13.1 Å². The highest BCUT2D eigenvalue weighted by Gasteiger charge is 2.28. The number of nitrogens with zero attached hydrogens (tertiary/aromatic N) is 1. The second-order valence-corrected chi connectivity index (χ2v) is 6.33. The maximum atomic E-state index is 11.8. The van der Waals surface area contributed by atoms with Crippen LogP contribution in [0.4, 0.5) is 4.79 Å². The van der Waals surface area contributed by atoms with E-state index in [4.69, 9.17) is 0 Å². The van der Waals surface area contributed by atoms with Crippen LogP contribution in [0.2, 0.25) is 0 Å². The highest BCUT2D eigenvalue weighted by molar-refractivity contribution is 5.75. The van der Waals surface area contributed by atoms with Crippen LogP contribution in [-0.4, -0.2) is 29.6 Å². The van der Waals surface area contributed by atoms with Crippen LogP contribution in [0.5, 0.6) is 0 Å². The number of carbonyl (C=O) groups excluding carboxylic acids is 1. The van der Waals surface area contributed by atoms with Crippen molar-refractivity contribution in [3.8, 4) is 0 Å². The topological polar surface area (TPSA) is 32.3 Å². The van der Waals surface area contributed by atoms with Gasteiger partial charge in [0.05, 0.1) is 0 Å². The van der Waals surface area contributed by atoms with E-state index in [2.05, 4.69) is 19.2 Å². The SMILES string of the molecule is CC1(C)CCN(C(=O)NC(C)(C)C)CC1. The van der Waals surface area contributed by atoms with Gasteiger partial charge in [0, 0.05) is 18.6 Å². The molecule has 2 amide bonds. The third kappa shape index (κ3) is 4.10. The molecule has 0 bridgehead atoms. The molecule has 1 aliphatic rings. The molecule has 0 atom stereocenters. The highest BCUT2D eigenvalue weighted by Crippen LogP contribution is 2.29. The van der Waals surface area contributed by atoms with E-state index >= 15 is 0 Å². The first kappa shape index (κ1) is 12.3. The average Bonchev–Trinajstić information content (AvgIpc) is 2.00. The van der Waals surface area contributed by atoms with Crippen molar-refractivity contribution in [3.05, 3.63) is 0 Å². The van der Waals surface area contributed by atoms with Crippen molar-refractivity contribution < 1.29 is 4.79 Å². The van der Waals surface area contributed by atoms with Crippen LogP contribution in [-0.2, 0) is 0 Å². The smallest absolute Gasteiger partial charge is 0.317 e. The van der Waals surface area contributed by atoms with Crippen molar-refractivity contribution in [2.24, 2.45) is 5.41 Å². The zero-order chi connectivity index (χ0) is 11.7. The minimum atomic E-state index is -0.135. The number of hydrogen-bond donors (Lipinski definition) is 1. The van der Waals surface area contributed by atoms with E-state index in [1.54, 1.807) is 0 Å². The van der Waals surface area contributed by atoms with Gasteiger partial charge < -0.3 is 10.2 Å². The van der Waals surface area contributed by atoms with Gasteiger partial charge in [0.2, 0.25) is 0 Å². The second kappa shape index (κ2) is 4.03. The van der Waals surface area contributed by atoms with Crippen LogP contribution in [0.25, 0.3) is 0 Å². The highest BCUT2D eigenvalue weighted by atomic mass is 16.2. The van der Waals surface area contributed by atoms with E-state index in [0.29, 0.717) is 5.41 Å². The van der Waals surface area contributed by atoms with E-state index in [1.165, 1.54) is 0 Å². The molecule has 15 heavy (non-hydrogen) atoms. The predicted molar refractivity (Wildman–Crippen MR) is 62.9 cm³/mol. The summed E-state index contributed by atoms with van der Waals surface area (Å²) in [6.07, 6.45) is 2.20. The molecule has 3 heteroatoms. The molecule has 0 aromatic heterocycles. The zero-order valence-electron chi connectivity index (χ0n) is 10.7. The van der Waals surface area contributed by atoms with E-state index < -0.39 is 0 Å². The molecule has 1 aliphatic heterocycles. The van der Waals surface area contributed by atoms with Crippen LogP contribution in [0.15, 0.2) is 0 Å². The summed E-state index contributed by atoms with van der Waals surface area (Å²) in [4.78, 5) is 13.8. The number of carbonyl (C=O) groups is 1. The molecule has 1 rings (SSSR count). The molecule has 1 N–H and O–H groups in total. The lowest BCUT2D eigenvalue weighted by atomic mass is 9.83. The Morgan fingerprint density at radius 3 is 2.07 bits per heavy atom. The Morgan fingerprint density at radius 2 is 1.67 bits per heavy atom. The lowest BCUT2D eigenvalue weighted by Gasteiger charge is -2.38. The maximum absolute atomic E-state index is 11.8. The number of hydrogen-bond acceptors (Lipinski definition) is 1. The lowest BCUT2D eigenvalue weighted by Crippen LogP contribution is -2.51. The van der Waals surface area contributed by atoms with Gasteiger partial charge in [-0.3, -0.25) is 0 Å². The fourth-order valence-corrected chi connectivity index (χ4v) is 1.71. The minimum absolute atomic E-state index is 0.0815. The summed E-state index contributed by atoms with van der Waals surface area (Å²) in [6, 6.07) is 0.0815. The van der Waals surface area contributed by atoms with Crippen LogP contribution < -0.4 is 5.32 Å². The van der Waals surface area contributed by atoms with Crippen molar-refractivity contribution in [1.29, 1.82) is 0 Å². The molecule has 1 saturated heterocycles. The summed E-state index contributed by atoms with van der Waals surface area (Å²) in [5, 5.41) is 3.00. The summed E-state index contributed by atoms with van der Waals surface area (Å²) in [6.45, 7) is 12.3. The van der Waals surface area contributed by atoms with Gasteiger partial charge in [0.25, 0.3) is 0 Å². The van der Waals surface area contributed by atoms with Gasteiger partial charge in [-0.25, -0.2) is 4.79 Å². The molecular formula is C12H24N2O. The van der Waals surface area contributed by atoms with Gasteiger partial charge >= 0.3 is 6.03 Å². The molecule has 3 nitrogen and oxygen atoms in total. The van der Waals surface area contributed by atoms with Gasteiger partial charge in [-0.15, -0.1) is 0 Å². The number of likely N-dealkylation sites (tertiary alicyclic amines) is 1. The quantitative estimate of drug-likeness (QED) is 0.657. The van der Waals surface area contributed by atoms with Gasteiger partial charge in [-0.1, -0.05) is 13.8 Å². The Balaban J connectivity index is 2.44. The number of rotatable bonds is 0. The molecule has 0 aliphatic carbocycles. The minimum Gasteiger partial charge on any atom is -0.333 e. The zero-order valence-corrected chi connectivity index (χ0v) is 10.7. The summed E-state index contributed by atoms with van der Waals surface area (Å²) < 4.78 is 0. The van der Waals surface area contributed by atoms with Crippen molar-refractivity contribution in [2.45, 2.75) is 53.0 Å². The van der Waals surface area contributed by atoms with E-state index in [0.717, 1.165) is 25.9 Å². The Bertz CT molecular complexity index is 230. The van der Waals surface area contributed by atoms with Crippen LogP contribution in [0.3, 0.4) is 0 Å². The summed E-state index contributed by atoms with van der Waals surface area (Å²) in [5.74, 6) is 0. The molecule has 0 spiro atoms. The average molecular weight is 212 g/mol. The Hall–Kier alpha value is -0.730. The first-order valence-corrected chi connectivity index (χ1v) is 5.77. The third-order valence-corrected chi connectivity index (χ3v) is 2.89. The first-order chi connectivity index (χ1) is 6.70. The first-order valence-electron chi connectivity index (χ1n) is 5.77. The number of urea groups is 1. The number of piperidine rings is 1. The lowest BCUT2D eigenvalue weighted by molar-refractivity contribution is 0.135. The fraction of sp³-hybridized carbons (Fsp3) is 0.917. The van der Waals surface area contributed by atoms with Crippen LogP contribution >= 0.6 is 0 Å². The number of nitrogens with one attached hydrogen (secondary N) is 1. The predicted octanol–water partition coefficient (Wildman–Crippen LogP) is 2.62. The number of amides is 2. The largest absolute Gasteiger partial charge is 0.333 e. The van der Waals surface area contributed by atoms with Crippen LogP contribution in [0.1, 0.15) is 47.5 Å². The maximum Gasteiger partial charge on any atom is 0.317 e. The van der Waals surface area contributed by atoms with E-state index in [1.807, 2.05) is 25.7 Å². The molecule has 1 fully saturated rings. The third-order valence-electron chi connectivity index (χ3n) is 2.89. The second-order valence-electron chi connectivity index (χ2n) is 6.33. The summed E-state index contributed by atoms with van der Waals surface area (Å²) >= 11 is 0. The van der Waals surface area contributed by atoms with Gasteiger partial charge in [0.15, 0.2) is 0 Å². The molecule has 0 radical (unpaired) electrons. The fourth-order valence-electron chi connectivity index (χ4n) is 1.71. The van der Waals surface area contributed by atoms with Crippen molar-refractivity contribution >= 4 is 6.03 Å². The Kier molecular flexibility index (Phi) is 3.31. The van der Waals surface area contributed by atoms with Gasteiger partial charge in [0.1, 0.15) is 0 Å². The molecular weight excluding hydrogens is 188 g/mol. The molecule has 1 heterocycles. The molecule has 0 saturated carbocycles. The molecule has 0 aromatic rings. The monoisotopic (exact) mass is 212 g/mol. The van der Waals surface area contributed by atoms with Crippen LogP contribution in [0, 0.1) is 5.41 Å². The summed E-state index contributed by atoms with van der Waals surface area (Å²) in [7, 11) is 0. The Labute approximate surface area is 93.2 Å². The van der Waals surface area contributed by atoms with E-state index in [9.17, 15) is 4.79 Å². The molecule has 88 valence electrons. The Morgan fingerprint density at radius 1 is 1.20 bits per heavy atom. The molecule has 0 unspecified atom stereocenters. The standard InChI is InChI=1S/C12H24N2O/c1-11(2,3)13-10(15)14-8-6-12(4,5)7-9-14/h6-9H2,1-5H3,(H,13,15). The normalized spacial score (nSPS) is 21.3. The van der Waals surface area contributed by atoms with E-state index in [-0.39, 0.29) is 11.6 Å². The van der Waals surface area contributed by atoms with Crippen molar-refractivity contribution in [3.63, 3.8) is 0 Å². The van der Waals surface area contributed by atoms with Gasteiger partial charge in [-0.2, -0.15) is 0 Å². The van der Waals surface area contributed by atoms with Crippen molar-refractivity contribution in [1.82, 2.24) is 10.2 Å². The summed E-state index contributed by atoms with van der Waals surface area (Å²) in [5.41, 5.74) is 0.266.